The lowest BCUT2D eigenvalue weighted by atomic mass is 10.0. The zero-order valence-corrected chi connectivity index (χ0v) is 16.5. The zero-order chi connectivity index (χ0) is 20.6. The van der Waals surface area contributed by atoms with Crippen LogP contribution in [0.5, 0.6) is 0 Å². The highest BCUT2D eigenvalue weighted by molar-refractivity contribution is 6.09. The molecule has 0 radical (unpaired) electrons. The van der Waals surface area contributed by atoms with Crippen molar-refractivity contribution >= 4 is 17.7 Å². The smallest absolute Gasteiger partial charge is 0.325 e. The summed E-state index contributed by atoms with van der Waals surface area (Å²) in [6.07, 6.45) is 0.525. The summed E-state index contributed by atoms with van der Waals surface area (Å²) in [5.41, 5.74) is 1.98. The molecule has 2 aromatic rings. The summed E-state index contributed by atoms with van der Waals surface area (Å²) >= 11 is 0. The lowest BCUT2D eigenvalue weighted by Gasteiger charge is -2.14. The molecule has 1 N–H and O–H groups in total. The molecule has 148 valence electrons. The Bertz CT molecular complexity index is 948. The summed E-state index contributed by atoms with van der Waals surface area (Å²) in [7, 11) is 0. The average Bonchev–Trinajstić information content (AvgIpc) is 3.05. The van der Waals surface area contributed by atoms with E-state index in [0.29, 0.717) is 29.1 Å². The van der Waals surface area contributed by atoms with Crippen molar-refractivity contribution in [3.63, 3.8) is 0 Å². The second-order valence-electron chi connectivity index (χ2n) is 7.55. The van der Waals surface area contributed by atoms with Crippen LogP contribution in [-0.2, 0) is 4.79 Å². The van der Waals surface area contributed by atoms with Gasteiger partial charge < -0.3 is 9.88 Å². The van der Waals surface area contributed by atoms with Gasteiger partial charge in [0.2, 0.25) is 0 Å². The Morgan fingerprint density at radius 2 is 1.89 bits per heavy atom. The predicted octanol–water partition coefficient (Wildman–Crippen LogP) is 3.38. The fourth-order valence-corrected chi connectivity index (χ4v) is 3.64. The molecule has 1 aromatic carbocycles. The van der Waals surface area contributed by atoms with E-state index >= 15 is 0 Å². The number of ketones is 1. The van der Waals surface area contributed by atoms with Crippen molar-refractivity contribution in [1.29, 1.82) is 0 Å². The number of aryl methyl sites for hydroxylation is 1. The van der Waals surface area contributed by atoms with E-state index in [2.05, 4.69) is 5.32 Å². The number of imide groups is 1. The first-order chi connectivity index (χ1) is 13.2. The first kappa shape index (κ1) is 19.8. The fourth-order valence-electron chi connectivity index (χ4n) is 3.64. The Morgan fingerprint density at radius 3 is 2.54 bits per heavy atom. The minimum atomic E-state index is -0.592. The molecule has 3 amide bonds. The molecule has 1 aliphatic rings. The third-order valence-electron chi connectivity index (χ3n) is 4.94. The van der Waals surface area contributed by atoms with Gasteiger partial charge in [-0.3, -0.25) is 14.5 Å². The summed E-state index contributed by atoms with van der Waals surface area (Å²) < 4.78 is 15.9. The molecule has 1 saturated heterocycles. The number of halogens is 1. The van der Waals surface area contributed by atoms with E-state index < -0.39 is 17.9 Å². The molecule has 0 bridgehead atoms. The molecule has 7 heteroatoms. The van der Waals surface area contributed by atoms with Crippen molar-refractivity contribution in [1.82, 2.24) is 14.8 Å². The summed E-state index contributed by atoms with van der Waals surface area (Å²) in [5, 5.41) is 2.64. The van der Waals surface area contributed by atoms with Gasteiger partial charge in [-0.05, 0) is 44.4 Å². The van der Waals surface area contributed by atoms with Crippen LogP contribution < -0.4 is 5.32 Å². The second-order valence-corrected chi connectivity index (χ2v) is 7.55. The average molecular weight is 385 g/mol. The molecular formula is C21H24FN3O3. The van der Waals surface area contributed by atoms with Crippen molar-refractivity contribution in [3.8, 4) is 5.69 Å². The van der Waals surface area contributed by atoms with Crippen LogP contribution in [0, 0.1) is 25.6 Å². The summed E-state index contributed by atoms with van der Waals surface area (Å²) in [6, 6.07) is 6.84. The fraction of sp³-hybridized carbons (Fsp3) is 0.381. The molecule has 1 aromatic heterocycles. The highest BCUT2D eigenvalue weighted by Gasteiger charge is 2.39. The number of Topliss-reactive ketones (excluding diaryl/α,β-unsaturated/α-hetero) is 1. The first-order valence-electron chi connectivity index (χ1n) is 9.29. The predicted molar refractivity (Wildman–Crippen MR) is 103 cm³/mol. The van der Waals surface area contributed by atoms with Gasteiger partial charge in [0.1, 0.15) is 11.9 Å². The molecule has 1 unspecified atom stereocenters. The number of nitrogens with one attached hydrogen (secondary N) is 1. The number of para-hydroxylation sites is 1. The Balaban J connectivity index is 1.85. The molecule has 2 heterocycles. The summed E-state index contributed by atoms with van der Waals surface area (Å²) in [4.78, 5) is 38.4. The van der Waals surface area contributed by atoms with E-state index in [1.165, 1.54) is 6.07 Å². The molecule has 28 heavy (non-hydrogen) atoms. The number of nitrogens with zero attached hydrogens (tertiary/aromatic N) is 2. The van der Waals surface area contributed by atoms with Gasteiger partial charge in [0, 0.05) is 17.0 Å². The van der Waals surface area contributed by atoms with Crippen LogP contribution in [0.2, 0.25) is 0 Å². The van der Waals surface area contributed by atoms with Crippen molar-refractivity contribution in [2.75, 3.05) is 6.54 Å². The van der Waals surface area contributed by atoms with Crippen LogP contribution >= 0.6 is 0 Å². The Kier molecular flexibility index (Phi) is 5.36. The quantitative estimate of drug-likeness (QED) is 0.612. The topological polar surface area (TPSA) is 71.4 Å². The number of carbonyl (C=O) groups excluding carboxylic acids is 3. The number of hydrogen-bond acceptors (Lipinski definition) is 3. The normalized spacial score (nSPS) is 16.8. The van der Waals surface area contributed by atoms with Gasteiger partial charge in [-0.25, -0.2) is 9.18 Å². The molecule has 1 aliphatic heterocycles. The highest BCUT2D eigenvalue weighted by atomic mass is 19.1. The molecule has 1 atom stereocenters. The minimum absolute atomic E-state index is 0.240. The minimum Gasteiger partial charge on any atom is -0.326 e. The van der Waals surface area contributed by atoms with Crippen molar-refractivity contribution < 1.29 is 18.8 Å². The largest absolute Gasteiger partial charge is 0.326 e. The van der Waals surface area contributed by atoms with E-state index in [0.717, 1.165) is 4.90 Å². The van der Waals surface area contributed by atoms with Crippen LogP contribution in [0.4, 0.5) is 9.18 Å². The van der Waals surface area contributed by atoms with E-state index in [-0.39, 0.29) is 24.2 Å². The summed E-state index contributed by atoms with van der Waals surface area (Å²) in [5.74, 6) is -0.891. The molecule has 0 aliphatic carbocycles. The van der Waals surface area contributed by atoms with Gasteiger partial charge in [-0.1, -0.05) is 26.0 Å². The maximum atomic E-state index is 14.2. The number of carbonyl (C=O) groups is 3. The van der Waals surface area contributed by atoms with Gasteiger partial charge in [0.15, 0.2) is 5.78 Å². The Morgan fingerprint density at radius 1 is 1.21 bits per heavy atom. The number of amides is 3. The van der Waals surface area contributed by atoms with Crippen LogP contribution in [0.1, 0.15) is 42.0 Å². The lowest BCUT2D eigenvalue weighted by molar-refractivity contribution is -0.127. The zero-order valence-electron chi connectivity index (χ0n) is 16.5. The van der Waals surface area contributed by atoms with Crippen molar-refractivity contribution in [2.45, 2.75) is 40.2 Å². The van der Waals surface area contributed by atoms with E-state index in [1.807, 2.05) is 13.8 Å². The number of aromatic nitrogens is 1. The number of hydrogen-bond donors (Lipinski definition) is 1. The molecule has 0 saturated carbocycles. The molecule has 1 fully saturated rings. The molecule has 3 rings (SSSR count). The SMILES string of the molecule is Cc1cc(C(=O)CN2C(=O)NC(CC(C)C)C2=O)c(C)n1-c1ccccc1F. The standard InChI is InChI=1S/C21H24FN3O3/c1-12(2)9-17-20(27)24(21(28)23-17)11-19(26)15-10-13(3)25(14(15)4)18-8-6-5-7-16(18)22/h5-8,10,12,17H,9,11H2,1-4H3,(H,23,28). The lowest BCUT2D eigenvalue weighted by Crippen LogP contribution is -2.36. The van der Waals surface area contributed by atoms with Gasteiger partial charge >= 0.3 is 6.03 Å². The Hall–Kier alpha value is -2.96. The number of urea groups is 1. The highest BCUT2D eigenvalue weighted by Crippen LogP contribution is 2.24. The van der Waals surface area contributed by atoms with Gasteiger partial charge in [-0.2, -0.15) is 0 Å². The van der Waals surface area contributed by atoms with E-state index in [4.69, 9.17) is 0 Å². The monoisotopic (exact) mass is 385 g/mol. The second kappa shape index (κ2) is 7.58. The maximum absolute atomic E-state index is 14.2. The molecule has 6 nitrogen and oxygen atoms in total. The van der Waals surface area contributed by atoms with Crippen LogP contribution in [0.15, 0.2) is 30.3 Å². The van der Waals surface area contributed by atoms with Gasteiger partial charge in [0.05, 0.1) is 12.2 Å². The van der Waals surface area contributed by atoms with Crippen molar-refractivity contribution in [3.05, 3.63) is 53.1 Å². The maximum Gasteiger partial charge on any atom is 0.325 e. The molecular weight excluding hydrogens is 361 g/mol. The third kappa shape index (κ3) is 3.56. The van der Waals surface area contributed by atoms with Crippen LogP contribution in [0.3, 0.4) is 0 Å². The van der Waals surface area contributed by atoms with Crippen molar-refractivity contribution in [2.24, 2.45) is 5.92 Å². The Labute approximate surface area is 163 Å². The summed E-state index contributed by atoms with van der Waals surface area (Å²) in [6.45, 7) is 7.10. The first-order valence-corrected chi connectivity index (χ1v) is 9.29. The van der Waals surface area contributed by atoms with Gasteiger partial charge in [0.25, 0.3) is 5.91 Å². The molecule has 0 spiro atoms. The van der Waals surface area contributed by atoms with E-state index in [1.54, 1.807) is 42.7 Å². The number of benzene rings is 1. The van der Waals surface area contributed by atoms with Crippen LogP contribution in [-0.4, -0.2) is 39.8 Å². The third-order valence-corrected chi connectivity index (χ3v) is 4.94. The van der Waals surface area contributed by atoms with E-state index in [9.17, 15) is 18.8 Å². The number of rotatable bonds is 6. The van der Waals surface area contributed by atoms with Crippen LogP contribution in [0.25, 0.3) is 5.69 Å². The van der Waals surface area contributed by atoms with Gasteiger partial charge in [-0.15, -0.1) is 0 Å².